The van der Waals surface area contributed by atoms with E-state index in [1.165, 1.54) is 30.3 Å². The number of aryl methyl sites for hydroxylation is 1. The standard InChI is InChI=1S/C21H21FN6O6S/c1-12-4-2-5-15(22)18(12)19(32)28-20(23)25-21(26-28)24-13-8-10-14(11-9-13)35(33,34)27-16(29)6-3-7-17(30)31/h2,4-5,8-11H,3,6-7H2,1H3,(H,27,29)(H,30,31)(H3,23,24,25,26). The Morgan fingerprint density at radius 1 is 1.11 bits per heavy atom. The second-order valence-electron chi connectivity index (χ2n) is 7.37. The molecule has 0 fully saturated rings. The molecule has 0 aliphatic heterocycles. The lowest BCUT2D eigenvalue weighted by Crippen LogP contribution is -2.30. The first kappa shape index (κ1) is 25.3. The van der Waals surface area contributed by atoms with Crippen molar-refractivity contribution >= 4 is 45.4 Å². The number of aromatic nitrogens is 3. The summed E-state index contributed by atoms with van der Waals surface area (Å²) >= 11 is 0. The van der Waals surface area contributed by atoms with E-state index in [2.05, 4.69) is 15.4 Å². The Morgan fingerprint density at radius 2 is 1.80 bits per heavy atom. The number of carbonyl (C=O) groups excluding carboxylic acids is 2. The predicted octanol–water partition coefficient (Wildman–Crippen LogP) is 1.80. The second-order valence-corrected chi connectivity index (χ2v) is 9.05. The number of hydrogen-bond donors (Lipinski definition) is 4. The van der Waals surface area contributed by atoms with Gasteiger partial charge in [-0.3, -0.25) is 14.4 Å². The molecule has 0 spiro atoms. The molecule has 0 bridgehead atoms. The van der Waals surface area contributed by atoms with Crippen molar-refractivity contribution in [1.29, 1.82) is 0 Å². The first-order valence-electron chi connectivity index (χ1n) is 10.1. The van der Waals surface area contributed by atoms with Gasteiger partial charge in [0.15, 0.2) is 0 Å². The Hall–Kier alpha value is -4.33. The second kappa shape index (κ2) is 10.3. The van der Waals surface area contributed by atoms with Crippen molar-refractivity contribution < 1.29 is 32.3 Å². The molecule has 3 rings (SSSR count). The van der Waals surface area contributed by atoms with Crippen LogP contribution in [0, 0.1) is 12.7 Å². The highest BCUT2D eigenvalue weighted by Crippen LogP contribution is 2.20. The maximum atomic E-state index is 14.1. The van der Waals surface area contributed by atoms with Crippen LogP contribution in [0.4, 0.5) is 22.0 Å². The summed E-state index contributed by atoms with van der Waals surface area (Å²) in [5.41, 5.74) is 6.30. The van der Waals surface area contributed by atoms with Crippen LogP contribution in [0.25, 0.3) is 0 Å². The molecule has 0 saturated heterocycles. The van der Waals surface area contributed by atoms with E-state index < -0.39 is 33.6 Å². The van der Waals surface area contributed by atoms with Crippen LogP contribution in [0.2, 0.25) is 0 Å². The number of carboxylic acid groups (broad SMARTS) is 1. The summed E-state index contributed by atoms with van der Waals surface area (Å²) in [6.07, 6.45) is -0.513. The van der Waals surface area contributed by atoms with Crippen molar-refractivity contribution in [1.82, 2.24) is 19.5 Å². The number of rotatable bonds is 9. The normalized spacial score (nSPS) is 11.1. The number of aliphatic carboxylic acids is 1. The number of nitrogen functional groups attached to an aromatic ring is 1. The molecular formula is C21H21FN6O6S. The van der Waals surface area contributed by atoms with Crippen LogP contribution in [0.5, 0.6) is 0 Å². The summed E-state index contributed by atoms with van der Waals surface area (Å²) < 4.78 is 41.4. The van der Waals surface area contributed by atoms with Crippen molar-refractivity contribution in [3.05, 3.63) is 59.4 Å². The molecule has 3 aromatic rings. The third-order valence-corrected chi connectivity index (χ3v) is 6.11. The van der Waals surface area contributed by atoms with E-state index >= 15 is 0 Å². The number of carboxylic acids is 1. The maximum absolute atomic E-state index is 14.1. The molecule has 184 valence electrons. The SMILES string of the molecule is Cc1cccc(F)c1C(=O)n1nc(Nc2ccc(S(=O)(=O)NC(=O)CCCC(=O)O)cc2)nc1N. The summed E-state index contributed by atoms with van der Waals surface area (Å²) in [6, 6.07) is 9.32. The van der Waals surface area contributed by atoms with Crippen molar-refractivity contribution in [2.75, 3.05) is 11.1 Å². The van der Waals surface area contributed by atoms with Gasteiger partial charge in [-0.1, -0.05) is 12.1 Å². The van der Waals surface area contributed by atoms with Crippen LogP contribution < -0.4 is 15.8 Å². The molecule has 0 aliphatic rings. The van der Waals surface area contributed by atoms with Gasteiger partial charge in [0.25, 0.3) is 15.9 Å². The van der Waals surface area contributed by atoms with Crippen LogP contribution in [-0.2, 0) is 19.6 Å². The molecule has 0 aliphatic carbocycles. The van der Waals surface area contributed by atoms with Crippen molar-refractivity contribution in [2.24, 2.45) is 0 Å². The van der Waals surface area contributed by atoms with Gasteiger partial charge in [-0.05, 0) is 49.2 Å². The lowest BCUT2D eigenvalue weighted by Gasteiger charge is -2.08. The molecule has 0 atom stereocenters. The molecule has 2 aromatic carbocycles. The summed E-state index contributed by atoms with van der Waals surface area (Å²) in [5.74, 6) is -3.83. The monoisotopic (exact) mass is 504 g/mol. The molecular weight excluding hydrogens is 483 g/mol. The largest absolute Gasteiger partial charge is 0.481 e. The Labute approximate surface area is 199 Å². The summed E-state index contributed by atoms with van der Waals surface area (Å²) in [5, 5.41) is 15.3. The van der Waals surface area contributed by atoms with Gasteiger partial charge in [0, 0.05) is 18.5 Å². The third kappa shape index (κ3) is 6.17. The average Bonchev–Trinajstić information content (AvgIpc) is 3.13. The van der Waals surface area contributed by atoms with E-state index in [-0.39, 0.29) is 41.6 Å². The highest BCUT2D eigenvalue weighted by Gasteiger charge is 2.22. The molecule has 0 unspecified atom stereocenters. The van der Waals surface area contributed by atoms with E-state index in [1.807, 2.05) is 4.72 Å². The zero-order chi connectivity index (χ0) is 25.8. The first-order valence-corrected chi connectivity index (χ1v) is 11.6. The Kier molecular flexibility index (Phi) is 7.44. The van der Waals surface area contributed by atoms with Gasteiger partial charge in [-0.2, -0.15) is 9.67 Å². The minimum Gasteiger partial charge on any atom is -0.481 e. The number of nitrogens with two attached hydrogens (primary N) is 1. The molecule has 1 heterocycles. The van der Waals surface area contributed by atoms with E-state index in [0.717, 1.165) is 10.7 Å². The first-order chi connectivity index (χ1) is 16.5. The third-order valence-electron chi connectivity index (χ3n) is 4.72. The minimum atomic E-state index is -4.16. The van der Waals surface area contributed by atoms with E-state index in [1.54, 1.807) is 13.0 Å². The highest BCUT2D eigenvalue weighted by molar-refractivity contribution is 7.90. The zero-order valence-electron chi connectivity index (χ0n) is 18.4. The van der Waals surface area contributed by atoms with E-state index in [9.17, 15) is 27.2 Å². The fourth-order valence-corrected chi connectivity index (χ4v) is 4.06. The van der Waals surface area contributed by atoms with E-state index in [4.69, 9.17) is 10.8 Å². The zero-order valence-corrected chi connectivity index (χ0v) is 19.2. The number of benzene rings is 2. The number of anilines is 3. The molecule has 0 radical (unpaired) electrons. The molecule has 1 aromatic heterocycles. The quantitative estimate of drug-likeness (QED) is 0.335. The van der Waals surface area contributed by atoms with Crippen molar-refractivity contribution in [3.63, 3.8) is 0 Å². The van der Waals surface area contributed by atoms with Crippen LogP contribution >= 0.6 is 0 Å². The fraction of sp³-hybridized carbons (Fsp3) is 0.190. The highest BCUT2D eigenvalue weighted by atomic mass is 32.2. The summed E-state index contributed by atoms with van der Waals surface area (Å²) in [7, 11) is -4.16. The van der Waals surface area contributed by atoms with Gasteiger partial charge in [0.05, 0.1) is 10.5 Å². The number of nitrogens with zero attached hydrogens (tertiary/aromatic N) is 3. The Balaban J connectivity index is 1.70. The predicted molar refractivity (Wildman–Crippen MR) is 122 cm³/mol. The van der Waals surface area contributed by atoms with Crippen molar-refractivity contribution in [3.8, 4) is 0 Å². The van der Waals surface area contributed by atoms with Crippen molar-refractivity contribution in [2.45, 2.75) is 31.1 Å². The smallest absolute Gasteiger partial charge is 0.303 e. The van der Waals surface area contributed by atoms with Gasteiger partial charge < -0.3 is 16.2 Å². The maximum Gasteiger partial charge on any atom is 0.303 e. The van der Waals surface area contributed by atoms with Crippen LogP contribution in [0.15, 0.2) is 47.4 Å². The molecule has 12 nitrogen and oxygen atoms in total. The lowest BCUT2D eigenvalue weighted by molar-refractivity contribution is -0.137. The summed E-state index contributed by atoms with van der Waals surface area (Å²) in [6.45, 7) is 1.57. The Morgan fingerprint density at radius 3 is 2.43 bits per heavy atom. The van der Waals surface area contributed by atoms with Crippen LogP contribution in [0.1, 0.15) is 35.2 Å². The number of sulfonamides is 1. The van der Waals surface area contributed by atoms with Crippen LogP contribution in [0.3, 0.4) is 0 Å². The average molecular weight is 505 g/mol. The topological polar surface area (TPSA) is 186 Å². The number of halogens is 1. The van der Waals surface area contributed by atoms with Gasteiger partial charge in [-0.15, -0.1) is 5.10 Å². The molecule has 14 heteroatoms. The van der Waals surface area contributed by atoms with Gasteiger partial charge >= 0.3 is 5.97 Å². The number of carbonyl (C=O) groups is 3. The van der Waals surface area contributed by atoms with Gasteiger partial charge in [-0.25, -0.2) is 17.5 Å². The van der Waals surface area contributed by atoms with E-state index in [0.29, 0.717) is 11.3 Å². The molecule has 35 heavy (non-hydrogen) atoms. The van der Waals surface area contributed by atoms with Gasteiger partial charge in [0.2, 0.25) is 17.8 Å². The number of nitrogens with one attached hydrogen (secondary N) is 2. The minimum absolute atomic E-state index is 0.00130. The fourth-order valence-electron chi connectivity index (χ4n) is 3.04. The molecule has 0 saturated carbocycles. The molecule has 1 amide bonds. The van der Waals surface area contributed by atoms with Gasteiger partial charge in [0.1, 0.15) is 5.82 Å². The lowest BCUT2D eigenvalue weighted by atomic mass is 10.1. The number of hydrogen-bond acceptors (Lipinski definition) is 9. The Bertz CT molecular complexity index is 1370. The summed E-state index contributed by atoms with van der Waals surface area (Å²) in [4.78, 5) is 38.7. The molecule has 5 N–H and O–H groups in total. The van der Waals surface area contributed by atoms with Crippen LogP contribution in [-0.4, -0.2) is 46.1 Å². The number of amides is 1.